The molecule has 0 bridgehead atoms. The predicted molar refractivity (Wildman–Crippen MR) is 100 cm³/mol. The average Bonchev–Trinajstić information content (AvgIpc) is 3.12. The van der Waals surface area contributed by atoms with Crippen LogP contribution in [0.15, 0.2) is 48.9 Å². The first-order valence-corrected chi connectivity index (χ1v) is 9.21. The van der Waals surface area contributed by atoms with Crippen LogP contribution in [0, 0.1) is 5.82 Å². The maximum absolute atomic E-state index is 13.6. The van der Waals surface area contributed by atoms with Gasteiger partial charge in [0.15, 0.2) is 5.65 Å². The molecule has 1 aromatic carbocycles. The number of benzene rings is 1. The molecule has 2 aromatic heterocycles. The average molecular weight is 367 g/mol. The highest BCUT2D eigenvalue weighted by molar-refractivity contribution is 5.78. The molecule has 7 heteroatoms. The van der Waals surface area contributed by atoms with Crippen LogP contribution in [-0.2, 0) is 11.3 Å². The van der Waals surface area contributed by atoms with Crippen molar-refractivity contribution in [3.63, 3.8) is 0 Å². The number of fused-ring (bicyclic) bond motifs is 1. The van der Waals surface area contributed by atoms with E-state index in [-0.39, 0.29) is 18.3 Å². The Labute approximate surface area is 157 Å². The maximum atomic E-state index is 13.6. The highest BCUT2D eigenvalue weighted by Crippen LogP contribution is 2.25. The first kappa shape index (κ1) is 17.6. The molecule has 1 saturated heterocycles. The molecule has 0 radical (unpaired) electrons. The second-order valence-electron chi connectivity index (χ2n) is 6.87. The van der Waals surface area contributed by atoms with Crippen LogP contribution in [0.2, 0.25) is 0 Å². The Morgan fingerprint density at radius 1 is 1.15 bits per heavy atom. The summed E-state index contributed by atoms with van der Waals surface area (Å²) in [5.74, 6) is -0.369. The quantitative estimate of drug-likeness (QED) is 0.753. The van der Waals surface area contributed by atoms with Gasteiger partial charge in [-0.05, 0) is 31.0 Å². The number of piperidine rings is 1. The molecule has 27 heavy (non-hydrogen) atoms. The molecular formula is C20H22FN5O. The van der Waals surface area contributed by atoms with Gasteiger partial charge in [-0.3, -0.25) is 9.69 Å². The van der Waals surface area contributed by atoms with E-state index in [1.807, 2.05) is 18.5 Å². The van der Waals surface area contributed by atoms with Gasteiger partial charge in [0.05, 0.1) is 12.9 Å². The summed E-state index contributed by atoms with van der Waals surface area (Å²) in [4.78, 5) is 23.2. The summed E-state index contributed by atoms with van der Waals surface area (Å²) in [6.45, 7) is 2.23. The van der Waals surface area contributed by atoms with E-state index in [0.717, 1.165) is 37.1 Å². The van der Waals surface area contributed by atoms with Crippen LogP contribution < -0.4 is 5.32 Å². The second-order valence-corrected chi connectivity index (χ2v) is 6.87. The normalized spacial score (nSPS) is 15.9. The Morgan fingerprint density at radius 2 is 1.96 bits per heavy atom. The molecule has 0 unspecified atom stereocenters. The lowest BCUT2D eigenvalue weighted by Crippen LogP contribution is -2.41. The second kappa shape index (κ2) is 7.84. The van der Waals surface area contributed by atoms with Gasteiger partial charge in [-0.25, -0.2) is 14.4 Å². The van der Waals surface area contributed by atoms with Gasteiger partial charge < -0.3 is 9.88 Å². The van der Waals surface area contributed by atoms with Gasteiger partial charge in [0, 0.05) is 37.4 Å². The van der Waals surface area contributed by atoms with Crippen molar-refractivity contribution < 1.29 is 9.18 Å². The van der Waals surface area contributed by atoms with Crippen molar-refractivity contribution >= 4 is 17.1 Å². The number of aromatic nitrogens is 3. The number of rotatable bonds is 5. The van der Waals surface area contributed by atoms with Crippen LogP contribution in [0.3, 0.4) is 0 Å². The number of halogens is 1. The zero-order chi connectivity index (χ0) is 18.6. The van der Waals surface area contributed by atoms with Crippen molar-refractivity contribution in [1.29, 1.82) is 0 Å². The van der Waals surface area contributed by atoms with E-state index in [0.29, 0.717) is 18.2 Å². The minimum Gasteiger partial charge on any atom is -0.351 e. The molecule has 0 spiro atoms. The molecule has 0 saturated carbocycles. The van der Waals surface area contributed by atoms with Gasteiger partial charge in [0.2, 0.25) is 5.91 Å². The summed E-state index contributed by atoms with van der Waals surface area (Å²) >= 11 is 0. The smallest absolute Gasteiger partial charge is 0.234 e. The number of hydrogen-bond donors (Lipinski definition) is 1. The number of amides is 1. The molecule has 1 aliphatic rings. The fraction of sp³-hybridized carbons (Fsp3) is 0.350. The van der Waals surface area contributed by atoms with E-state index >= 15 is 0 Å². The molecule has 1 fully saturated rings. The third kappa shape index (κ3) is 3.98. The van der Waals surface area contributed by atoms with Crippen LogP contribution >= 0.6 is 0 Å². The molecule has 0 aliphatic carbocycles. The number of hydrogen-bond acceptors (Lipinski definition) is 4. The first-order valence-electron chi connectivity index (χ1n) is 9.21. The standard InChI is InChI=1S/C20H22FN5O/c21-17-5-2-1-4-15(17)12-23-19(27)13-25-10-7-16(8-11-25)26-14-24-18-6-3-9-22-20(18)26/h1-6,9,14,16H,7-8,10-13H2,(H,23,27). The zero-order valence-corrected chi connectivity index (χ0v) is 15.0. The SMILES string of the molecule is O=C(CN1CCC(n2cnc3cccnc32)CC1)NCc1ccccc1F. The van der Waals surface area contributed by atoms with Crippen LogP contribution in [0.25, 0.3) is 11.2 Å². The predicted octanol–water partition coefficient (Wildman–Crippen LogP) is 2.52. The van der Waals surface area contributed by atoms with E-state index < -0.39 is 0 Å². The largest absolute Gasteiger partial charge is 0.351 e. The third-order valence-electron chi connectivity index (χ3n) is 5.08. The Morgan fingerprint density at radius 3 is 2.78 bits per heavy atom. The number of nitrogens with one attached hydrogen (secondary N) is 1. The fourth-order valence-corrected chi connectivity index (χ4v) is 3.58. The van der Waals surface area contributed by atoms with E-state index in [2.05, 4.69) is 24.8 Å². The highest BCUT2D eigenvalue weighted by atomic mass is 19.1. The van der Waals surface area contributed by atoms with Gasteiger partial charge in [-0.15, -0.1) is 0 Å². The van der Waals surface area contributed by atoms with Gasteiger partial charge in [0.1, 0.15) is 11.3 Å². The van der Waals surface area contributed by atoms with E-state index in [1.165, 1.54) is 6.07 Å². The summed E-state index contributed by atoms with van der Waals surface area (Å²) in [5.41, 5.74) is 2.33. The maximum Gasteiger partial charge on any atom is 0.234 e. The summed E-state index contributed by atoms with van der Waals surface area (Å²) in [6, 6.07) is 10.7. The van der Waals surface area contributed by atoms with Crippen LogP contribution in [0.5, 0.6) is 0 Å². The summed E-state index contributed by atoms with van der Waals surface area (Å²) in [5, 5.41) is 2.80. The number of pyridine rings is 1. The minimum atomic E-state index is -0.292. The van der Waals surface area contributed by atoms with Crippen molar-refractivity contribution in [3.05, 3.63) is 60.3 Å². The van der Waals surface area contributed by atoms with Gasteiger partial charge in [-0.2, -0.15) is 0 Å². The Kier molecular flexibility index (Phi) is 5.11. The van der Waals surface area contributed by atoms with E-state index in [1.54, 1.807) is 24.4 Å². The molecule has 3 aromatic rings. The molecule has 1 aliphatic heterocycles. The van der Waals surface area contributed by atoms with E-state index in [9.17, 15) is 9.18 Å². The Bertz CT molecular complexity index is 933. The number of imidazole rings is 1. The van der Waals surface area contributed by atoms with Crippen LogP contribution in [0.4, 0.5) is 4.39 Å². The van der Waals surface area contributed by atoms with Crippen molar-refractivity contribution in [2.45, 2.75) is 25.4 Å². The monoisotopic (exact) mass is 367 g/mol. The molecule has 1 amide bonds. The molecule has 6 nitrogen and oxygen atoms in total. The van der Waals surface area contributed by atoms with Gasteiger partial charge >= 0.3 is 0 Å². The molecule has 3 heterocycles. The lowest BCUT2D eigenvalue weighted by Gasteiger charge is -2.32. The molecule has 1 N–H and O–H groups in total. The summed E-state index contributed by atoms with van der Waals surface area (Å²) in [7, 11) is 0. The Balaban J connectivity index is 1.28. The van der Waals surface area contributed by atoms with Crippen LogP contribution in [0.1, 0.15) is 24.4 Å². The lowest BCUT2D eigenvalue weighted by molar-refractivity contribution is -0.122. The Hall–Kier alpha value is -2.80. The lowest BCUT2D eigenvalue weighted by atomic mass is 10.0. The first-order chi connectivity index (χ1) is 13.2. The molecule has 140 valence electrons. The zero-order valence-electron chi connectivity index (χ0n) is 15.0. The van der Waals surface area contributed by atoms with Crippen molar-refractivity contribution in [3.8, 4) is 0 Å². The number of carbonyl (C=O) groups excluding carboxylic acids is 1. The van der Waals surface area contributed by atoms with Gasteiger partial charge in [0.25, 0.3) is 0 Å². The molecular weight excluding hydrogens is 345 g/mol. The highest BCUT2D eigenvalue weighted by Gasteiger charge is 2.23. The van der Waals surface area contributed by atoms with E-state index in [4.69, 9.17) is 0 Å². The molecule has 4 rings (SSSR count). The van der Waals surface area contributed by atoms with Crippen LogP contribution in [-0.4, -0.2) is 45.0 Å². The fourth-order valence-electron chi connectivity index (χ4n) is 3.58. The van der Waals surface area contributed by atoms with Crippen molar-refractivity contribution in [2.75, 3.05) is 19.6 Å². The van der Waals surface area contributed by atoms with Gasteiger partial charge in [-0.1, -0.05) is 18.2 Å². The number of nitrogens with zero attached hydrogens (tertiary/aromatic N) is 4. The summed E-state index contributed by atoms with van der Waals surface area (Å²) in [6.07, 6.45) is 5.54. The summed E-state index contributed by atoms with van der Waals surface area (Å²) < 4.78 is 15.8. The topological polar surface area (TPSA) is 63.1 Å². The van der Waals surface area contributed by atoms with Crippen molar-refractivity contribution in [2.24, 2.45) is 0 Å². The molecule has 0 atom stereocenters. The minimum absolute atomic E-state index is 0.0774. The third-order valence-corrected chi connectivity index (χ3v) is 5.08. The number of carbonyl (C=O) groups is 1. The van der Waals surface area contributed by atoms with Crippen molar-refractivity contribution in [1.82, 2.24) is 24.8 Å². The number of likely N-dealkylation sites (tertiary alicyclic amines) is 1.